The molecule has 0 saturated carbocycles. The van der Waals surface area contributed by atoms with Crippen molar-refractivity contribution in [1.29, 1.82) is 0 Å². The molecule has 2 amide bonds. The van der Waals surface area contributed by atoms with Gasteiger partial charge in [0.05, 0.1) is 16.8 Å². The molecule has 1 aliphatic rings. The monoisotopic (exact) mass is 365 g/mol. The molecular weight excluding hydrogens is 357 g/mol. The minimum Gasteiger partial charge on any atom is -0.384 e. The van der Waals surface area contributed by atoms with Gasteiger partial charge < -0.3 is 5.73 Å². The zero-order chi connectivity index (χ0) is 16.2. The molecule has 112 valence electrons. The topological polar surface area (TPSA) is 94.2 Å². The van der Waals surface area contributed by atoms with Gasteiger partial charge >= 0.3 is 0 Å². The minimum absolute atomic E-state index is 0.0568. The van der Waals surface area contributed by atoms with Gasteiger partial charge in [0.2, 0.25) is 0 Å². The van der Waals surface area contributed by atoms with E-state index in [1.807, 2.05) is 0 Å². The van der Waals surface area contributed by atoms with Crippen LogP contribution in [0.5, 0.6) is 0 Å². The van der Waals surface area contributed by atoms with Gasteiger partial charge in [0.25, 0.3) is 17.4 Å². The quantitative estimate of drug-likeness (QED) is 0.749. The van der Waals surface area contributed by atoms with Crippen LogP contribution >= 0.6 is 15.9 Å². The van der Waals surface area contributed by atoms with Crippen LogP contribution in [0.4, 0.5) is 10.2 Å². The Hall–Kier alpha value is -2.48. The number of nitrogens with one attached hydrogen (secondary N) is 1. The average Bonchev–Trinajstić information content (AvgIpc) is 2.70. The molecule has 2 heterocycles. The van der Waals surface area contributed by atoms with E-state index < -0.39 is 23.2 Å². The third kappa shape index (κ3) is 1.95. The van der Waals surface area contributed by atoms with Gasteiger partial charge in [-0.05, 0) is 40.5 Å². The summed E-state index contributed by atoms with van der Waals surface area (Å²) in [4.78, 5) is 35.7. The molecule has 8 heteroatoms. The molecule has 1 aromatic heterocycles. The van der Waals surface area contributed by atoms with Crippen molar-refractivity contribution in [2.75, 3.05) is 5.73 Å². The van der Waals surface area contributed by atoms with Crippen molar-refractivity contribution in [3.63, 3.8) is 0 Å². The standard InChI is InChI=1S/C14H9BrFN3O3/c1-5-2-9(7(15)4-8(5)16)19-10(20)3-6-11(12(19)17)14(22)18-13(6)21/h2-4H,17H2,1H3,(H,18,21,22). The molecule has 6 nitrogen and oxygen atoms in total. The lowest BCUT2D eigenvalue weighted by Crippen LogP contribution is -2.24. The molecule has 1 aliphatic heterocycles. The zero-order valence-corrected chi connectivity index (χ0v) is 12.8. The van der Waals surface area contributed by atoms with E-state index in [0.717, 1.165) is 10.6 Å². The fourth-order valence-electron chi connectivity index (χ4n) is 2.34. The van der Waals surface area contributed by atoms with Crippen LogP contribution in [0, 0.1) is 12.7 Å². The van der Waals surface area contributed by atoms with Gasteiger partial charge in [-0.2, -0.15) is 0 Å². The number of hydrogen-bond acceptors (Lipinski definition) is 4. The van der Waals surface area contributed by atoms with Crippen LogP contribution in [0.3, 0.4) is 0 Å². The SMILES string of the molecule is Cc1cc(-n2c(N)c3c(cc2=O)C(=O)NC3=O)c(Br)cc1F. The van der Waals surface area contributed by atoms with E-state index in [2.05, 4.69) is 21.2 Å². The summed E-state index contributed by atoms with van der Waals surface area (Å²) in [6, 6.07) is 3.67. The van der Waals surface area contributed by atoms with Gasteiger partial charge in [0.1, 0.15) is 11.6 Å². The highest BCUT2D eigenvalue weighted by Gasteiger charge is 2.32. The maximum atomic E-state index is 13.6. The number of nitrogen functional groups attached to an aromatic ring is 1. The predicted molar refractivity (Wildman–Crippen MR) is 80.6 cm³/mol. The van der Waals surface area contributed by atoms with Gasteiger partial charge in [0.15, 0.2) is 0 Å². The molecule has 0 atom stereocenters. The van der Waals surface area contributed by atoms with Gasteiger partial charge in [-0.3, -0.25) is 24.3 Å². The number of carbonyl (C=O) groups excluding carboxylic acids is 2. The maximum Gasteiger partial charge on any atom is 0.262 e. The summed E-state index contributed by atoms with van der Waals surface area (Å²) in [6.45, 7) is 1.54. The fourth-order valence-corrected chi connectivity index (χ4v) is 2.83. The van der Waals surface area contributed by atoms with Gasteiger partial charge in [-0.1, -0.05) is 0 Å². The minimum atomic E-state index is -0.666. The normalized spacial score (nSPS) is 13.2. The number of fused-ring (bicyclic) bond motifs is 1. The number of nitrogens with zero attached hydrogens (tertiary/aromatic N) is 1. The predicted octanol–water partition coefficient (Wildman–Crippen LogP) is 1.51. The van der Waals surface area contributed by atoms with Crippen molar-refractivity contribution < 1.29 is 14.0 Å². The molecule has 3 N–H and O–H groups in total. The van der Waals surface area contributed by atoms with E-state index in [0.29, 0.717) is 10.0 Å². The molecule has 0 spiro atoms. The summed E-state index contributed by atoms with van der Waals surface area (Å²) in [5.74, 6) is -1.94. The average molecular weight is 366 g/mol. The Bertz CT molecular complexity index is 921. The first kappa shape index (κ1) is 14.5. The molecule has 0 aliphatic carbocycles. The summed E-state index contributed by atoms with van der Waals surface area (Å²) in [6.07, 6.45) is 0. The van der Waals surface area contributed by atoms with Crippen molar-refractivity contribution in [2.24, 2.45) is 0 Å². The molecule has 1 aromatic carbocycles. The second-order valence-corrected chi connectivity index (χ2v) is 5.68. The van der Waals surface area contributed by atoms with Crippen LogP contribution < -0.4 is 16.6 Å². The first-order valence-corrected chi connectivity index (χ1v) is 6.97. The number of benzene rings is 1. The summed E-state index contributed by atoms with van der Waals surface area (Å²) in [7, 11) is 0. The Morgan fingerprint density at radius 1 is 1.18 bits per heavy atom. The van der Waals surface area contributed by atoms with Crippen LogP contribution in [0.2, 0.25) is 0 Å². The molecule has 0 bridgehead atoms. The Labute approximate surface area is 131 Å². The Balaban J connectivity index is 2.37. The number of amides is 2. The summed E-state index contributed by atoms with van der Waals surface area (Å²) < 4.78 is 14.9. The second kappa shape index (κ2) is 4.77. The highest BCUT2D eigenvalue weighted by molar-refractivity contribution is 9.10. The van der Waals surface area contributed by atoms with E-state index in [1.165, 1.54) is 19.1 Å². The van der Waals surface area contributed by atoms with Crippen LogP contribution in [0.1, 0.15) is 26.3 Å². The molecule has 0 unspecified atom stereocenters. The van der Waals surface area contributed by atoms with Gasteiger partial charge in [0, 0.05) is 10.5 Å². The molecule has 0 fully saturated rings. The van der Waals surface area contributed by atoms with E-state index >= 15 is 0 Å². The van der Waals surface area contributed by atoms with Crippen LogP contribution in [0.25, 0.3) is 5.69 Å². The first-order valence-electron chi connectivity index (χ1n) is 6.18. The molecule has 0 radical (unpaired) electrons. The third-order valence-electron chi connectivity index (χ3n) is 3.42. The number of hydrogen-bond donors (Lipinski definition) is 2. The lowest BCUT2D eigenvalue weighted by Gasteiger charge is -2.14. The lowest BCUT2D eigenvalue weighted by atomic mass is 10.1. The molecule has 0 saturated heterocycles. The largest absolute Gasteiger partial charge is 0.384 e. The first-order chi connectivity index (χ1) is 10.3. The number of halogens is 2. The number of anilines is 1. The van der Waals surface area contributed by atoms with Crippen LogP contribution in [0.15, 0.2) is 27.5 Å². The number of pyridine rings is 1. The number of aryl methyl sites for hydroxylation is 1. The second-order valence-electron chi connectivity index (χ2n) is 4.83. The number of aromatic nitrogens is 1. The lowest BCUT2D eigenvalue weighted by molar-refractivity contribution is 0.0880. The summed E-state index contributed by atoms with van der Waals surface area (Å²) >= 11 is 3.17. The highest BCUT2D eigenvalue weighted by atomic mass is 79.9. The van der Waals surface area contributed by atoms with E-state index in [9.17, 15) is 18.8 Å². The van der Waals surface area contributed by atoms with E-state index in [-0.39, 0.29) is 22.6 Å². The van der Waals surface area contributed by atoms with Crippen LogP contribution in [-0.2, 0) is 0 Å². The Morgan fingerprint density at radius 3 is 2.55 bits per heavy atom. The molecular formula is C14H9BrFN3O3. The number of rotatable bonds is 1. The fraction of sp³-hybridized carbons (Fsp3) is 0.0714. The summed E-state index contributed by atoms with van der Waals surface area (Å²) in [5.41, 5.74) is 5.81. The van der Waals surface area contributed by atoms with Crippen molar-refractivity contribution in [1.82, 2.24) is 9.88 Å². The van der Waals surface area contributed by atoms with E-state index in [4.69, 9.17) is 5.73 Å². The smallest absolute Gasteiger partial charge is 0.262 e. The Morgan fingerprint density at radius 2 is 1.86 bits per heavy atom. The van der Waals surface area contributed by atoms with Gasteiger partial charge in [-0.25, -0.2) is 4.39 Å². The third-order valence-corrected chi connectivity index (χ3v) is 4.06. The maximum absolute atomic E-state index is 13.6. The van der Waals surface area contributed by atoms with Crippen LogP contribution in [-0.4, -0.2) is 16.4 Å². The van der Waals surface area contributed by atoms with Crippen molar-refractivity contribution in [2.45, 2.75) is 6.92 Å². The number of imide groups is 1. The zero-order valence-electron chi connectivity index (χ0n) is 11.2. The molecule has 22 heavy (non-hydrogen) atoms. The molecule has 3 rings (SSSR count). The highest BCUT2D eigenvalue weighted by Crippen LogP contribution is 2.28. The summed E-state index contributed by atoms with van der Waals surface area (Å²) in [5, 5.41) is 2.08. The van der Waals surface area contributed by atoms with Crippen molar-refractivity contribution in [3.8, 4) is 5.69 Å². The Kier molecular flexibility index (Phi) is 3.13. The van der Waals surface area contributed by atoms with Crippen molar-refractivity contribution >= 4 is 33.6 Å². The van der Waals surface area contributed by atoms with Gasteiger partial charge in [-0.15, -0.1) is 0 Å². The van der Waals surface area contributed by atoms with E-state index in [1.54, 1.807) is 0 Å². The van der Waals surface area contributed by atoms with Crippen molar-refractivity contribution in [3.05, 3.63) is 55.5 Å². The number of nitrogens with two attached hydrogens (primary N) is 1. The molecule has 2 aromatic rings. The number of carbonyl (C=O) groups is 2.